The van der Waals surface area contributed by atoms with Crippen LogP contribution in [0.3, 0.4) is 0 Å². The molecule has 3 heteroatoms. The van der Waals surface area contributed by atoms with Crippen molar-refractivity contribution in [1.29, 1.82) is 0 Å². The zero-order chi connectivity index (χ0) is 13.9. The molecule has 0 saturated carbocycles. The van der Waals surface area contributed by atoms with Gasteiger partial charge in [-0.05, 0) is 31.7 Å². The predicted octanol–water partition coefficient (Wildman–Crippen LogP) is 3.66. The Bertz CT molecular complexity index is 693. The quantitative estimate of drug-likeness (QED) is 0.793. The number of hydrogen-bond donors (Lipinski definition) is 0. The number of fused-ring (bicyclic) bond motifs is 3. The molecule has 4 heterocycles. The molecule has 0 radical (unpaired) electrons. The van der Waals surface area contributed by atoms with Gasteiger partial charge in [0.2, 0.25) is 0 Å². The van der Waals surface area contributed by atoms with E-state index in [1.54, 1.807) is 0 Å². The van der Waals surface area contributed by atoms with Gasteiger partial charge in [0.1, 0.15) is 5.66 Å². The Morgan fingerprint density at radius 1 is 0.905 bits per heavy atom. The fourth-order valence-electron chi connectivity index (χ4n) is 4.59. The number of hydrogen-bond acceptors (Lipinski definition) is 3. The highest BCUT2D eigenvalue weighted by molar-refractivity contribution is 5.83. The molecular formula is C18H19N3. The van der Waals surface area contributed by atoms with Gasteiger partial charge < -0.3 is 9.80 Å². The van der Waals surface area contributed by atoms with E-state index in [2.05, 4.69) is 52.4 Å². The van der Waals surface area contributed by atoms with Crippen LogP contribution in [-0.2, 0) is 0 Å². The number of anilines is 2. The summed E-state index contributed by atoms with van der Waals surface area (Å²) < 4.78 is 0. The van der Waals surface area contributed by atoms with Crippen LogP contribution in [0.25, 0.3) is 11.3 Å². The van der Waals surface area contributed by atoms with Gasteiger partial charge >= 0.3 is 0 Å². The van der Waals surface area contributed by atoms with Crippen LogP contribution in [0.5, 0.6) is 0 Å². The van der Waals surface area contributed by atoms with Crippen LogP contribution in [0.1, 0.15) is 25.7 Å². The molecule has 0 aliphatic carbocycles. The SMILES string of the molecule is c1ccc(-c2cc3c(cn2)N2CCCC24CCCN34)cc1. The molecule has 0 N–H and O–H groups in total. The number of benzene rings is 1. The summed E-state index contributed by atoms with van der Waals surface area (Å²) in [5.41, 5.74) is 5.35. The Hall–Kier alpha value is -2.03. The summed E-state index contributed by atoms with van der Waals surface area (Å²) in [6, 6.07) is 12.8. The van der Waals surface area contributed by atoms with Gasteiger partial charge in [0.05, 0.1) is 23.3 Å². The van der Waals surface area contributed by atoms with E-state index in [4.69, 9.17) is 4.98 Å². The second-order valence-electron chi connectivity index (χ2n) is 6.42. The molecule has 0 bridgehead atoms. The molecule has 0 amide bonds. The maximum atomic E-state index is 4.74. The first-order valence-electron chi connectivity index (χ1n) is 7.99. The number of rotatable bonds is 1. The summed E-state index contributed by atoms with van der Waals surface area (Å²) in [4.78, 5) is 10.0. The molecule has 2 fully saturated rings. The fourth-order valence-corrected chi connectivity index (χ4v) is 4.59. The maximum Gasteiger partial charge on any atom is 0.113 e. The van der Waals surface area contributed by atoms with E-state index in [0.717, 1.165) is 5.69 Å². The Morgan fingerprint density at radius 3 is 2.38 bits per heavy atom. The first-order valence-corrected chi connectivity index (χ1v) is 7.99. The Balaban J connectivity index is 1.66. The van der Waals surface area contributed by atoms with E-state index >= 15 is 0 Å². The molecule has 3 aliphatic heterocycles. The zero-order valence-electron chi connectivity index (χ0n) is 12.1. The highest BCUT2D eigenvalue weighted by Gasteiger charge is 2.54. The summed E-state index contributed by atoms with van der Waals surface area (Å²) in [5.74, 6) is 0. The zero-order valence-corrected chi connectivity index (χ0v) is 12.1. The summed E-state index contributed by atoms with van der Waals surface area (Å²) in [6.07, 6.45) is 7.35. The summed E-state index contributed by atoms with van der Waals surface area (Å²) in [6.45, 7) is 2.39. The van der Waals surface area contributed by atoms with Crippen molar-refractivity contribution in [1.82, 2.24) is 4.98 Å². The average molecular weight is 277 g/mol. The van der Waals surface area contributed by atoms with E-state index in [1.807, 2.05) is 0 Å². The molecule has 1 aromatic carbocycles. The van der Waals surface area contributed by atoms with Crippen molar-refractivity contribution in [3.05, 3.63) is 42.6 Å². The van der Waals surface area contributed by atoms with Crippen molar-refractivity contribution in [3.63, 3.8) is 0 Å². The second kappa shape index (κ2) is 4.00. The highest BCUT2D eigenvalue weighted by atomic mass is 15.5. The van der Waals surface area contributed by atoms with Crippen LogP contribution >= 0.6 is 0 Å². The van der Waals surface area contributed by atoms with Crippen LogP contribution in [0.2, 0.25) is 0 Å². The van der Waals surface area contributed by atoms with E-state index < -0.39 is 0 Å². The van der Waals surface area contributed by atoms with Gasteiger partial charge in [-0.2, -0.15) is 0 Å². The lowest BCUT2D eigenvalue weighted by Crippen LogP contribution is -2.49. The Labute approximate surface area is 125 Å². The average Bonchev–Trinajstić information content (AvgIpc) is 3.19. The van der Waals surface area contributed by atoms with Crippen molar-refractivity contribution in [2.75, 3.05) is 22.9 Å². The van der Waals surface area contributed by atoms with Crippen LogP contribution in [0.4, 0.5) is 11.4 Å². The van der Waals surface area contributed by atoms with Gasteiger partial charge in [-0.25, -0.2) is 0 Å². The largest absolute Gasteiger partial charge is 0.347 e. The minimum absolute atomic E-state index is 0.291. The maximum absolute atomic E-state index is 4.74. The van der Waals surface area contributed by atoms with E-state index in [0.29, 0.717) is 5.66 Å². The molecule has 1 aromatic heterocycles. The van der Waals surface area contributed by atoms with Gasteiger partial charge in [-0.15, -0.1) is 0 Å². The van der Waals surface area contributed by atoms with Gasteiger partial charge in [0.15, 0.2) is 0 Å². The minimum atomic E-state index is 0.291. The van der Waals surface area contributed by atoms with E-state index in [9.17, 15) is 0 Å². The van der Waals surface area contributed by atoms with Gasteiger partial charge in [-0.3, -0.25) is 4.98 Å². The molecule has 5 rings (SSSR count). The van der Waals surface area contributed by atoms with Crippen molar-refractivity contribution in [3.8, 4) is 11.3 Å². The molecule has 1 unspecified atom stereocenters. The lowest BCUT2D eigenvalue weighted by atomic mass is 10.1. The Morgan fingerprint density at radius 2 is 1.62 bits per heavy atom. The molecule has 21 heavy (non-hydrogen) atoms. The van der Waals surface area contributed by atoms with Gasteiger partial charge in [-0.1, -0.05) is 30.3 Å². The monoisotopic (exact) mass is 277 g/mol. The molecule has 3 nitrogen and oxygen atoms in total. The summed E-state index contributed by atoms with van der Waals surface area (Å²) in [7, 11) is 0. The van der Waals surface area contributed by atoms with E-state index in [1.165, 1.54) is 55.7 Å². The van der Waals surface area contributed by atoms with Crippen LogP contribution in [-0.4, -0.2) is 23.7 Å². The topological polar surface area (TPSA) is 19.4 Å². The molecular weight excluding hydrogens is 258 g/mol. The predicted molar refractivity (Wildman–Crippen MR) is 85.6 cm³/mol. The first-order chi connectivity index (χ1) is 10.4. The number of pyridine rings is 1. The van der Waals surface area contributed by atoms with Gasteiger partial charge in [0, 0.05) is 18.7 Å². The normalized spacial score (nSPS) is 25.9. The Kier molecular flexibility index (Phi) is 2.21. The van der Waals surface area contributed by atoms with Crippen LogP contribution < -0.4 is 9.80 Å². The molecule has 1 atom stereocenters. The minimum Gasteiger partial charge on any atom is -0.347 e. The van der Waals surface area contributed by atoms with Crippen molar-refractivity contribution in [2.45, 2.75) is 31.3 Å². The molecule has 3 aliphatic rings. The highest BCUT2D eigenvalue weighted by Crippen LogP contribution is 2.55. The third kappa shape index (κ3) is 1.41. The summed E-state index contributed by atoms with van der Waals surface area (Å²) >= 11 is 0. The van der Waals surface area contributed by atoms with Crippen molar-refractivity contribution in [2.24, 2.45) is 0 Å². The lowest BCUT2D eigenvalue weighted by Gasteiger charge is -2.35. The smallest absolute Gasteiger partial charge is 0.113 e. The van der Waals surface area contributed by atoms with Gasteiger partial charge in [0.25, 0.3) is 0 Å². The van der Waals surface area contributed by atoms with Crippen LogP contribution in [0, 0.1) is 0 Å². The third-order valence-electron chi connectivity index (χ3n) is 5.44. The first kappa shape index (κ1) is 11.6. The fraction of sp³-hybridized carbons (Fsp3) is 0.389. The second-order valence-corrected chi connectivity index (χ2v) is 6.42. The van der Waals surface area contributed by atoms with E-state index in [-0.39, 0.29) is 0 Å². The molecule has 106 valence electrons. The number of aromatic nitrogens is 1. The standard InChI is InChI=1S/C18H19N3/c1-2-6-14(7-3-1)15-12-16-17(13-19-15)21-11-5-9-18(21)8-4-10-20(16)18/h1-3,6-7,12-13H,4-5,8-11H2. The molecule has 2 saturated heterocycles. The third-order valence-corrected chi connectivity index (χ3v) is 5.44. The molecule has 1 spiro atoms. The van der Waals surface area contributed by atoms with Crippen molar-refractivity contribution < 1.29 is 0 Å². The number of nitrogens with zero attached hydrogens (tertiary/aromatic N) is 3. The summed E-state index contributed by atoms with van der Waals surface area (Å²) in [5, 5.41) is 0. The van der Waals surface area contributed by atoms with Crippen LogP contribution in [0.15, 0.2) is 42.6 Å². The lowest BCUT2D eigenvalue weighted by molar-refractivity contribution is 0.461. The molecule has 2 aromatic rings. The van der Waals surface area contributed by atoms with Crippen molar-refractivity contribution >= 4 is 11.4 Å².